The van der Waals surface area contributed by atoms with Gasteiger partial charge in [-0.25, -0.2) is 4.98 Å². The minimum atomic E-state index is 0.0307. The Morgan fingerprint density at radius 3 is 2.59 bits per heavy atom. The maximum atomic E-state index is 12.4. The molecule has 1 aliphatic rings. The highest BCUT2D eigenvalue weighted by molar-refractivity contribution is 5.27. The average molecular weight is 371 g/mol. The van der Waals surface area contributed by atoms with Crippen molar-refractivity contribution in [2.45, 2.75) is 39.2 Å². The summed E-state index contributed by atoms with van der Waals surface area (Å²) < 4.78 is 10.6. The molecule has 2 aromatic rings. The SMILES string of the molecule is COCCOc1ccc(CN2CCc3nc(C(C)C)[nH]c(=O)c3CC2)cc1. The number of nitrogens with one attached hydrogen (secondary N) is 1. The van der Waals surface area contributed by atoms with Crippen LogP contribution in [0.5, 0.6) is 5.75 Å². The molecule has 1 aromatic heterocycles. The first kappa shape index (κ1) is 19.6. The Morgan fingerprint density at radius 1 is 1.15 bits per heavy atom. The van der Waals surface area contributed by atoms with E-state index in [0.717, 1.165) is 55.3 Å². The van der Waals surface area contributed by atoms with Gasteiger partial charge in [-0.15, -0.1) is 0 Å². The van der Waals surface area contributed by atoms with Crippen molar-refractivity contribution in [3.8, 4) is 5.75 Å². The average Bonchev–Trinajstić information content (AvgIpc) is 2.86. The van der Waals surface area contributed by atoms with E-state index in [0.29, 0.717) is 13.2 Å². The van der Waals surface area contributed by atoms with Gasteiger partial charge in [0.15, 0.2) is 0 Å². The molecule has 1 aromatic carbocycles. The second kappa shape index (κ2) is 9.15. The second-order valence-corrected chi connectivity index (χ2v) is 7.29. The highest BCUT2D eigenvalue weighted by Gasteiger charge is 2.19. The van der Waals surface area contributed by atoms with Crippen molar-refractivity contribution in [1.82, 2.24) is 14.9 Å². The Hall–Kier alpha value is -2.18. The zero-order valence-electron chi connectivity index (χ0n) is 16.5. The first-order valence-corrected chi connectivity index (χ1v) is 9.62. The zero-order chi connectivity index (χ0) is 19.2. The van der Waals surface area contributed by atoms with Gasteiger partial charge in [0.05, 0.1) is 12.3 Å². The van der Waals surface area contributed by atoms with Gasteiger partial charge in [0.25, 0.3) is 5.56 Å². The van der Waals surface area contributed by atoms with Gasteiger partial charge in [0.2, 0.25) is 0 Å². The molecule has 0 saturated heterocycles. The lowest BCUT2D eigenvalue weighted by Gasteiger charge is -2.19. The van der Waals surface area contributed by atoms with Crippen LogP contribution in [-0.4, -0.2) is 48.3 Å². The van der Waals surface area contributed by atoms with Crippen LogP contribution in [0.15, 0.2) is 29.1 Å². The molecule has 27 heavy (non-hydrogen) atoms. The van der Waals surface area contributed by atoms with Gasteiger partial charge in [0, 0.05) is 44.6 Å². The van der Waals surface area contributed by atoms with Gasteiger partial charge < -0.3 is 14.5 Å². The summed E-state index contributed by atoms with van der Waals surface area (Å²) in [4.78, 5) is 22.5. The maximum Gasteiger partial charge on any atom is 0.254 e. The Bertz CT molecular complexity index is 799. The van der Waals surface area contributed by atoms with Crippen molar-refractivity contribution in [3.63, 3.8) is 0 Å². The van der Waals surface area contributed by atoms with E-state index in [4.69, 9.17) is 14.5 Å². The van der Waals surface area contributed by atoms with Crippen LogP contribution in [-0.2, 0) is 24.1 Å². The fourth-order valence-electron chi connectivity index (χ4n) is 3.30. The highest BCUT2D eigenvalue weighted by atomic mass is 16.5. The fraction of sp³-hybridized carbons (Fsp3) is 0.524. The highest BCUT2D eigenvalue weighted by Crippen LogP contribution is 2.17. The van der Waals surface area contributed by atoms with Crippen molar-refractivity contribution in [2.75, 3.05) is 33.4 Å². The molecular formula is C21H29N3O3. The number of aromatic nitrogens is 2. The quantitative estimate of drug-likeness (QED) is 0.758. The molecule has 0 radical (unpaired) electrons. The van der Waals surface area contributed by atoms with Crippen LogP contribution in [0, 0.1) is 0 Å². The van der Waals surface area contributed by atoms with E-state index < -0.39 is 0 Å². The summed E-state index contributed by atoms with van der Waals surface area (Å²) in [6, 6.07) is 8.20. The third kappa shape index (κ3) is 5.17. The van der Waals surface area contributed by atoms with Gasteiger partial charge in [-0.2, -0.15) is 0 Å². The molecule has 2 heterocycles. The number of methoxy groups -OCH3 is 1. The Kier molecular flexibility index (Phi) is 6.63. The first-order chi connectivity index (χ1) is 13.1. The number of H-pyrrole nitrogens is 1. The third-order valence-corrected chi connectivity index (χ3v) is 4.89. The predicted octanol–water partition coefficient (Wildman–Crippen LogP) is 2.52. The van der Waals surface area contributed by atoms with Crippen LogP contribution in [0.25, 0.3) is 0 Å². The minimum absolute atomic E-state index is 0.0307. The summed E-state index contributed by atoms with van der Waals surface area (Å²) in [6.07, 6.45) is 1.56. The number of nitrogens with zero attached hydrogens (tertiary/aromatic N) is 2. The van der Waals surface area contributed by atoms with Crippen molar-refractivity contribution in [2.24, 2.45) is 0 Å². The van der Waals surface area contributed by atoms with E-state index in [9.17, 15) is 4.79 Å². The summed E-state index contributed by atoms with van der Waals surface area (Å²) in [5.41, 5.74) is 3.09. The topological polar surface area (TPSA) is 67.5 Å². The van der Waals surface area contributed by atoms with E-state index in [2.05, 4.69) is 35.9 Å². The molecule has 0 spiro atoms. The second-order valence-electron chi connectivity index (χ2n) is 7.29. The Balaban J connectivity index is 1.62. The van der Waals surface area contributed by atoms with E-state index >= 15 is 0 Å². The zero-order valence-corrected chi connectivity index (χ0v) is 16.5. The van der Waals surface area contributed by atoms with Crippen LogP contribution in [0.3, 0.4) is 0 Å². The van der Waals surface area contributed by atoms with E-state index in [-0.39, 0.29) is 11.5 Å². The van der Waals surface area contributed by atoms with Gasteiger partial charge in [-0.3, -0.25) is 9.69 Å². The molecule has 1 aliphatic heterocycles. The van der Waals surface area contributed by atoms with Crippen molar-refractivity contribution in [3.05, 3.63) is 57.3 Å². The van der Waals surface area contributed by atoms with Crippen LogP contribution in [0.2, 0.25) is 0 Å². The summed E-state index contributed by atoms with van der Waals surface area (Å²) in [5, 5.41) is 0. The lowest BCUT2D eigenvalue weighted by Crippen LogP contribution is -2.26. The molecule has 0 aliphatic carbocycles. The molecule has 0 saturated carbocycles. The predicted molar refractivity (Wildman–Crippen MR) is 105 cm³/mol. The molecule has 146 valence electrons. The summed E-state index contributed by atoms with van der Waals surface area (Å²) >= 11 is 0. The molecule has 6 heteroatoms. The van der Waals surface area contributed by atoms with E-state index in [1.165, 1.54) is 5.56 Å². The number of rotatable bonds is 7. The molecule has 3 rings (SSSR count). The molecular weight excluding hydrogens is 342 g/mol. The molecule has 1 N–H and O–H groups in total. The molecule has 0 atom stereocenters. The first-order valence-electron chi connectivity index (χ1n) is 9.62. The van der Waals surface area contributed by atoms with E-state index in [1.54, 1.807) is 7.11 Å². The van der Waals surface area contributed by atoms with Gasteiger partial charge >= 0.3 is 0 Å². The summed E-state index contributed by atoms with van der Waals surface area (Å²) in [5.74, 6) is 1.87. The van der Waals surface area contributed by atoms with Gasteiger partial charge in [-0.1, -0.05) is 26.0 Å². The molecule has 0 fully saturated rings. The van der Waals surface area contributed by atoms with Crippen molar-refractivity contribution >= 4 is 0 Å². The third-order valence-electron chi connectivity index (χ3n) is 4.89. The van der Waals surface area contributed by atoms with Gasteiger partial charge in [0.1, 0.15) is 18.2 Å². The molecule has 6 nitrogen and oxygen atoms in total. The summed E-state index contributed by atoms with van der Waals surface area (Å²) in [6.45, 7) is 7.88. The Labute approximate surface area is 160 Å². The number of hydrogen-bond acceptors (Lipinski definition) is 5. The van der Waals surface area contributed by atoms with Crippen LogP contribution >= 0.6 is 0 Å². The smallest absolute Gasteiger partial charge is 0.254 e. The van der Waals surface area contributed by atoms with Crippen LogP contribution < -0.4 is 10.3 Å². The summed E-state index contributed by atoms with van der Waals surface area (Å²) in [7, 11) is 1.67. The van der Waals surface area contributed by atoms with Crippen molar-refractivity contribution in [1.29, 1.82) is 0 Å². The lowest BCUT2D eigenvalue weighted by atomic mass is 10.1. The normalized spacial score (nSPS) is 14.8. The molecule has 0 amide bonds. The fourth-order valence-corrected chi connectivity index (χ4v) is 3.30. The van der Waals surface area contributed by atoms with Gasteiger partial charge in [-0.05, 0) is 24.1 Å². The Morgan fingerprint density at radius 2 is 1.89 bits per heavy atom. The number of fused-ring (bicyclic) bond motifs is 1. The standard InChI is InChI=1S/C21H29N3O3/c1-15(2)20-22-19-9-11-24(10-8-18(19)21(25)23-20)14-16-4-6-17(7-5-16)27-13-12-26-3/h4-7,15H,8-14H2,1-3H3,(H,22,23,25). The van der Waals surface area contributed by atoms with E-state index in [1.807, 2.05) is 12.1 Å². The maximum absolute atomic E-state index is 12.4. The monoisotopic (exact) mass is 371 g/mol. The largest absolute Gasteiger partial charge is 0.491 e. The van der Waals surface area contributed by atoms with Crippen LogP contribution in [0.4, 0.5) is 0 Å². The number of hydrogen-bond donors (Lipinski definition) is 1. The van der Waals surface area contributed by atoms with Crippen LogP contribution in [0.1, 0.15) is 42.4 Å². The molecule has 0 bridgehead atoms. The van der Waals surface area contributed by atoms with Crippen molar-refractivity contribution < 1.29 is 9.47 Å². The lowest BCUT2D eigenvalue weighted by molar-refractivity contribution is 0.146. The number of ether oxygens (including phenoxy) is 2. The number of aromatic amines is 1. The number of benzene rings is 1. The molecule has 0 unspecified atom stereocenters. The minimum Gasteiger partial charge on any atom is -0.491 e.